The maximum atomic E-state index is 12.8. The molecule has 0 radical (unpaired) electrons. The quantitative estimate of drug-likeness (QED) is 0.785. The van der Waals surface area contributed by atoms with Crippen molar-refractivity contribution in [2.45, 2.75) is 26.7 Å². The van der Waals surface area contributed by atoms with Crippen molar-refractivity contribution in [2.24, 2.45) is 5.92 Å². The number of thiophene rings is 1. The van der Waals surface area contributed by atoms with Crippen LogP contribution in [0.15, 0.2) is 29.0 Å². The number of aryl methyl sites for hydroxylation is 1. The van der Waals surface area contributed by atoms with Crippen molar-refractivity contribution < 1.29 is 4.79 Å². The summed E-state index contributed by atoms with van der Waals surface area (Å²) in [5, 5.41) is 7.54. The number of nitrogens with zero attached hydrogens (tertiary/aromatic N) is 2. The molecule has 1 N–H and O–H groups in total. The maximum absolute atomic E-state index is 12.8. The molecule has 1 amide bonds. The fraction of sp³-hybridized carbons (Fsp3) is 0.474. The van der Waals surface area contributed by atoms with Gasteiger partial charge in [0, 0.05) is 24.0 Å². The molecular weight excluding hydrogens is 389 g/mol. The van der Waals surface area contributed by atoms with Gasteiger partial charge in [-0.25, -0.2) is 0 Å². The molecule has 3 rings (SSSR count). The molecule has 7 heteroatoms. The van der Waals surface area contributed by atoms with Gasteiger partial charge in [0.25, 0.3) is 5.91 Å². The lowest BCUT2D eigenvalue weighted by Gasteiger charge is -2.32. The number of nitrogens with one attached hydrogen (secondary N) is 1. The minimum atomic E-state index is 0. The lowest BCUT2D eigenvalue weighted by Crippen LogP contribution is -2.41. The average Bonchev–Trinajstić information content (AvgIpc) is 3.14. The van der Waals surface area contributed by atoms with Crippen molar-refractivity contribution >= 4 is 42.1 Å². The van der Waals surface area contributed by atoms with Gasteiger partial charge >= 0.3 is 0 Å². The van der Waals surface area contributed by atoms with E-state index in [0.29, 0.717) is 5.92 Å². The van der Waals surface area contributed by atoms with E-state index < -0.39 is 0 Å². The summed E-state index contributed by atoms with van der Waals surface area (Å²) < 4.78 is 0. The molecule has 1 saturated heterocycles. The number of likely N-dealkylation sites (tertiary alicyclic amines) is 1. The van der Waals surface area contributed by atoms with Crippen molar-refractivity contribution in [3.8, 4) is 11.3 Å². The molecule has 0 bridgehead atoms. The molecular formula is C19H27Cl2N3OS. The van der Waals surface area contributed by atoms with Gasteiger partial charge in [0.05, 0.1) is 17.0 Å². The normalized spacial score (nSPS) is 14.5. The molecule has 144 valence electrons. The summed E-state index contributed by atoms with van der Waals surface area (Å²) in [4.78, 5) is 19.4. The van der Waals surface area contributed by atoms with Crippen molar-refractivity contribution in [2.75, 3.05) is 26.2 Å². The Balaban J connectivity index is 0.00000169. The molecule has 4 nitrogen and oxygen atoms in total. The zero-order valence-corrected chi connectivity index (χ0v) is 17.7. The molecule has 0 saturated carbocycles. The number of hydrogen-bond donors (Lipinski definition) is 1. The molecule has 26 heavy (non-hydrogen) atoms. The number of aromatic nitrogens is 1. The molecule has 1 aliphatic heterocycles. The van der Waals surface area contributed by atoms with E-state index in [1.165, 1.54) is 0 Å². The lowest BCUT2D eigenvalue weighted by molar-refractivity contribution is 0.0689. The summed E-state index contributed by atoms with van der Waals surface area (Å²) in [6.45, 7) is 7.84. The second kappa shape index (κ2) is 10.9. The van der Waals surface area contributed by atoms with Gasteiger partial charge in [0.1, 0.15) is 0 Å². The van der Waals surface area contributed by atoms with Crippen molar-refractivity contribution in [3.05, 3.63) is 40.2 Å². The van der Waals surface area contributed by atoms with Crippen molar-refractivity contribution in [1.82, 2.24) is 15.2 Å². The standard InChI is InChI=1S/C19H25N3OS.2ClH/c1-3-20-12-15-6-9-22(10-7-15)19(23)17-4-5-18(21-14(17)2)16-8-11-24-13-16;;/h4-5,8,11,13,15,20H,3,6-7,9-10,12H2,1-2H3;2*1H. The summed E-state index contributed by atoms with van der Waals surface area (Å²) in [7, 11) is 0. The highest BCUT2D eigenvalue weighted by Gasteiger charge is 2.24. The van der Waals surface area contributed by atoms with Gasteiger partial charge in [-0.2, -0.15) is 11.3 Å². The number of amides is 1. The van der Waals surface area contributed by atoms with Crippen LogP contribution in [0, 0.1) is 12.8 Å². The van der Waals surface area contributed by atoms with Crippen molar-refractivity contribution in [1.29, 1.82) is 0 Å². The molecule has 2 aromatic heterocycles. The fourth-order valence-electron chi connectivity index (χ4n) is 3.22. The highest BCUT2D eigenvalue weighted by molar-refractivity contribution is 7.08. The summed E-state index contributed by atoms with van der Waals surface area (Å²) in [5.74, 6) is 0.813. The molecule has 0 aromatic carbocycles. The summed E-state index contributed by atoms with van der Waals surface area (Å²) >= 11 is 1.66. The maximum Gasteiger partial charge on any atom is 0.255 e. The first-order chi connectivity index (χ1) is 11.7. The van der Waals surface area contributed by atoms with Crippen LogP contribution in [0.2, 0.25) is 0 Å². The van der Waals surface area contributed by atoms with Crippen LogP contribution in [0.4, 0.5) is 0 Å². The second-order valence-corrected chi connectivity index (χ2v) is 7.16. The monoisotopic (exact) mass is 415 g/mol. The summed E-state index contributed by atoms with van der Waals surface area (Å²) in [5.41, 5.74) is 3.61. The third-order valence-electron chi connectivity index (χ3n) is 4.72. The van der Waals surface area contributed by atoms with E-state index in [1.54, 1.807) is 11.3 Å². The molecule has 0 spiro atoms. The highest BCUT2D eigenvalue weighted by atomic mass is 35.5. The van der Waals surface area contributed by atoms with E-state index in [1.807, 2.05) is 29.3 Å². The Morgan fingerprint density at radius 3 is 2.58 bits per heavy atom. The highest BCUT2D eigenvalue weighted by Crippen LogP contribution is 2.23. The van der Waals surface area contributed by atoms with Crippen molar-refractivity contribution in [3.63, 3.8) is 0 Å². The Labute approximate surface area is 172 Å². The molecule has 0 aliphatic carbocycles. The number of hydrogen-bond acceptors (Lipinski definition) is 4. The van der Waals surface area contributed by atoms with Gasteiger partial charge in [-0.05, 0) is 62.4 Å². The number of carbonyl (C=O) groups is 1. The average molecular weight is 416 g/mol. The predicted octanol–water partition coefficient (Wildman–Crippen LogP) is 4.42. The molecule has 0 atom stereocenters. The Morgan fingerprint density at radius 2 is 2.00 bits per heavy atom. The largest absolute Gasteiger partial charge is 0.339 e. The zero-order valence-electron chi connectivity index (χ0n) is 15.2. The van der Waals surface area contributed by atoms with Crippen LogP contribution >= 0.6 is 36.2 Å². The third-order valence-corrected chi connectivity index (χ3v) is 5.40. The zero-order chi connectivity index (χ0) is 16.9. The molecule has 1 fully saturated rings. The Kier molecular flexibility index (Phi) is 9.58. The van der Waals surface area contributed by atoms with Gasteiger partial charge in [0.2, 0.25) is 0 Å². The molecule has 3 heterocycles. The minimum Gasteiger partial charge on any atom is -0.339 e. The summed E-state index contributed by atoms with van der Waals surface area (Å²) in [6, 6.07) is 5.95. The van der Waals surface area contributed by atoms with Crippen LogP contribution in [0.5, 0.6) is 0 Å². The van der Waals surface area contributed by atoms with E-state index in [4.69, 9.17) is 0 Å². The third kappa shape index (κ3) is 5.43. The van der Waals surface area contributed by atoms with Gasteiger partial charge in [-0.3, -0.25) is 9.78 Å². The first-order valence-corrected chi connectivity index (χ1v) is 9.63. The predicted molar refractivity (Wildman–Crippen MR) is 114 cm³/mol. The number of piperidine rings is 1. The fourth-order valence-corrected chi connectivity index (χ4v) is 3.87. The van der Waals surface area contributed by atoms with Crippen LogP contribution in [-0.2, 0) is 0 Å². The van der Waals surface area contributed by atoms with E-state index in [9.17, 15) is 4.79 Å². The van der Waals surface area contributed by atoms with E-state index >= 15 is 0 Å². The Hall–Kier alpha value is -1.14. The second-order valence-electron chi connectivity index (χ2n) is 6.38. The van der Waals surface area contributed by atoms with E-state index in [2.05, 4.69) is 28.7 Å². The topological polar surface area (TPSA) is 45.2 Å². The van der Waals surface area contributed by atoms with Gasteiger partial charge < -0.3 is 10.2 Å². The Morgan fingerprint density at radius 1 is 1.27 bits per heavy atom. The SMILES string of the molecule is CCNCC1CCN(C(=O)c2ccc(-c3ccsc3)nc2C)CC1.Cl.Cl. The minimum absolute atomic E-state index is 0. The van der Waals surface area contributed by atoms with Crippen LogP contribution in [0.1, 0.15) is 35.8 Å². The van der Waals surface area contributed by atoms with Gasteiger partial charge in [-0.1, -0.05) is 6.92 Å². The molecule has 1 aliphatic rings. The number of halogens is 2. The van der Waals surface area contributed by atoms with E-state index in [0.717, 1.165) is 61.5 Å². The number of carbonyl (C=O) groups excluding carboxylic acids is 1. The first kappa shape index (κ1) is 22.9. The van der Waals surface area contributed by atoms with Crippen LogP contribution in [-0.4, -0.2) is 42.0 Å². The lowest BCUT2D eigenvalue weighted by atomic mass is 9.96. The van der Waals surface area contributed by atoms with Crippen LogP contribution < -0.4 is 5.32 Å². The first-order valence-electron chi connectivity index (χ1n) is 8.69. The summed E-state index contributed by atoms with van der Waals surface area (Å²) in [6.07, 6.45) is 2.16. The van der Waals surface area contributed by atoms with Crippen LogP contribution in [0.3, 0.4) is 0 Å². The van der Waals surface area contributed by atoms with Crippen LogP contribution in [0.25, 0.3) is 11.3 Å². The Bertz CT molecular complexity index is 686. The molecule has 2 aromatic rings. The number of pyridine rings is 1. The smallest absolute Gasteiger partial charge is 0.255 e. The van der Waals surface area contributed by atoms with E-state index in [-0.39, 0.29) is 30.7 Å². The van der Waals surface area contributed by atoms with Gasteiger partial charge in [0.15, 0.2) is 0 Å². The molecule has 0 unspecified atom stereocenters. The van der Waals surface area contributed by atoms with Gasteiger partial charge in [-0.15, -0.1) is 24.8 Å². The number of rotatable bonds is 5.